The van der Waals surface area contributed by atoms with Crippen molar-refractivity contribution in [3.05, 3.63) is 12.7 Å². The van der Waals surface area contributed by atoms with Gasteiger partial charge in [-0.15, -0.1) is 6.58 Å². The molecule has 14 heavy (non-hydrogen) atoms. The predicted octanol–water partition coefficient (Wildman–Crippen LogP) is -0.305. The number of carbonyl (C=O) groups excluding carboxylic acids is 1. The summed E-state index contributed by atoms with van der Waals surface area (Å²) in [6.45, 7) is 4.48. The van der Waals surface area contributed by atoms with Crippen LogP contribution in [-0.2, 0) is 9.59 Å². The third-order valence-electron chi connectivity index (χ3n) is 1.56. The number of nitrogens with one attached hydrogen (secondary N) is 1. The molecule has 0 aliphatic heterocycles. The molecule has 0 spiro atoms. The summed E-state index contributed by atoms with van der Waals surface area (Å²) in [6, 6.07) is 0. The van der Waals surface area contributed by atoms with Crippen molar-refractivity contribution in [3.8, 4) is 0 Å². The summed E-state index contributed by atoms with van der Waals surface area (Å²) in [5, 5.41) is 11.0. The summed E-state index contributed by atoms with van der Waals surface area (Å²) in [5.41, 5.74) is 0. The Balaban J connectivity index is 3.59. The van der Waals surface area contributed by atoms with Crippen LogP contribution in [0.5, 0.6) is 0 Å². The topological polar surface area (TPSA) is 69.6 Å². The molecule has 0 saturated carbocycles. The summed E-state index contributed by atoms with van der Waals surface area (Å²) in [6.07, 6.45) is 1.64. The zero-order valence-electron chi connectivity index (χ0n) is 8.32. The Morgan fingerprint density at radius 3 is 2.71 bits per heavy atom. The molecule has 5 nitrogen and oxygen atoms in total. The van der Waals surface area contributed by atoms with Gasteiger partial charge in [-0.25, -0.2) is 0 Å². The highest BCUT2D eigenvalue weighted by Crippen LogP contribution is 1.87. The SMILES string of the molecule is C=CCNC(=O)CN(C)CCC(=O)O. The standard InChI is InChI=1S/C9H16N2O3/c1-3-5-10-8(12)7-11(2)6-4-9(13)14/h3H,1,4-7H2,2H3,(H,10,12)(H,13,14). The quantitative estimate of drug-likeness (QED) is 0.553. The molecule has 0 atom stereocenters. The van der Waals surface area contributed by atoms with E-state index in [2.05, 4.69) is 11.9 Å². The summed E-state index contributed by atoms with van der Waals surface area (Å²) in [5.74, 6) is -0.985. The van der Waals surface area contributed by atoms with Crippen LogP contribution in [0, 0.1) is 0 Å². The van der Waals surface area contributed by atoms with Gasteiger partial charge < -0.3 is 10.4 Å². The fraction of sp³-hybridized carbons (Fsp3) is 0.556. The summed E-state index contributed by atoms with van der Waals surface area (Å²) < 4.78 is 0. The summed E-state index contributed by atoms with van der Waals surface area (Å²) >= 11 is 0. The number of nitrogens with zero attached hydrogens (tertiary/aromatic N) is 1. The van der Waals surface area contributed by atoms with Gasteiger partial charge in [0.05, 0.1) is 13.0 Å². The van der Waals surface area contributed by atoms with Crippen LogP contribution in [0.2, 0.25) is 0 Å². The van der Waals surface area contributed by atoms with Gasteiger partial charge in [0.1, 0.15) is 0 Å². The lowest BCUT2D eigenvalue weighted by Gasteiger charge is -2.14. The Hall–Kier alpha value is -1.36. The van der Waals surface area contributed by atoms with E-state index < -0.39 is 5.97 Å². The average Bonchev–Trinajstić information content (AvgIpc) is 2.11. The van der Waals surface area contributed by atoms with E-state index >= 15 is 0 Å². The summed E-state index contributed by atoms with van der Waals surface area (Å²) in [4.78, 5) is 23.0. The van der Waals surface area contributed by atoms with Crippen molar-refractivity contribution in [2.75, 3.05) is 26.7 Å². The second-order valence-corrected chi connectivity index (χ2v) is 2.97. The van der Waals surface area contributed by atoms with Gasteiger partial charge in [-0.3, -0.25) is 14.5 Å². The van der Waals surface area contributed by atoms with Gasteiger partial charge in [0, 0.05) is 13.1 Å². The Bertz CT molecular complexity index is 216. The number of carboxylic acids is 1. The van der Waals surface area contributed by atoms with Gasteiger partial charge in [-0.2, -0.15) is 0 Å². The Kier molecular flexibility index (Phi) is 6.39. The molecule has 1 amide bonds. The van der Waals surface area contributed by atoms with Gasteiger partial charge in [0.15, 0.2) is 0 Å². The van der Waals surface area contributed by atoms with E-state index in [9.17, 15) is 9.59 Å². The minimum Gasteiger partial charge on any atom is -0.481 e. The van der Waals surface area contributed by atoms with Crippen LogP contribution in [-0.4, -0.2) is 48.6 Å². The fourth-order valence-corrected chi connectivity index (χ4v) is 0.853. The molecule has 0 aliphatic rings. The molecule has 0 unspecified atom stereocenters. The first kappa shape index (κ1) is 12.6. The molecule has 0 aliphatic carbocycles. The van der Waals surface area contributed by atoms with E-state index in [-0.39, 0.29) is 18.9 Å². The largest absolute Gasteiger partial charge is 0.481 e. The minimum atomic E-state index is -0.858. The molecular weight excluding hydrogens is 184 g/mol. The number of aliphatic carboxylic acids is 1. The van der Waals surface area contributed by atoms with Crippen molar-refractivity contribution >= 4 is 11.9 Å². The predicted molar refractivity (Wildman–Crippen MR) is 53.0 cm³/mol. The highest BCUT2D eigenvalue weighted by Gasteiger charge is 2.06. The van der Waals surface area contributed by atoms with E-state index in [1.165, 1.54) is 0 Å². The average molecular weight is 200 g/mol. The zero-order valence-corrected chi connectivity index (χ0v) is 8.32. The zero-order chi connectivity index (χ0) is 11.0. The highest BCUT2D eigenvalue weighted by atomic mass is 16.4. The second kappa shape index (κ2) is 7.08. The lowest BCUT2D eigenvalue weighted by Crippen LogP contribution is -2.36. The molecule has 0 fully saturated rings. The van der Waals surface area contributed by atoms with E-state index in [1.807, 2.05) is 0 Å². The molecule has 0 heterocycles. The molecule has 2 N–H and O–H groups in total. The van der Waals surface area contributed by atoms with Crippen molar-refractivity contribution in [2.45, 2.75) is 6.42 Å². The number of amides is 1. The van der Waals surface area contributed by atoms with Crippen LogP contribution >= 0.6 is 0 Å². The van der Waals surface area contributed by atoms with Crippen molar-refractivity contribution in [1.29, 1.82) is 0 Å². The summed E-state index contributed by atoms with van der Waals surface area (Å²) in [7, 11) is 1.70. The lowest BCUT2D eigenvalue weighted by atomic mass is 10.4. The number of hydrogen-bond acceptors (Lipinski definition) is 3. The van der Waals surface area contributed by atoms with Crippen molar-refractivity contribution in [3.63, 3.8) is 0 Å². The van der Waals surface area contributed by atoms with Crippen LogP contribution < -0.4 is 5.32 Å². The van der Waals surface area contributed by atoms with Crippen LogP contribution in [0.25, 0.3) is 0 Å². The number of hydrogen-bond donors (Lipinski definition) is 2. The van der Waals surface area contributed by atoms with Gasteiger partial charge in [0.2, 0.25) is 5.91 Å². The maximum absolute atomic E-state index is 11.1. The molecule has 0 aromatic heterocycles. The Morgan fingerprint density at radius 2 is 2.21 bits per heavy atom. The minimum absolute atomic E-state index is 0.0469. The van der Waals surface area contributed by atoms with Crippen LogP contribution in [0.1, 0.15) is 6.42 Å². The Morgan fingerprint density at radius 1 is 1.57 bits per heavy atom. The third kappa shape index (κ3) is 7.30. The van der Waals surface area contributed by atoms with Crippen molar-refractivity contribution in [2.24, 2.45) is 0 Å². The van der Waals surface area contributed by atoms with Crippen molar-refractivity contribution in [1.82, 2.24) is 10.2 Å². The maximum atomic E-state index is 11.1. The van der Waals surface area contributed by atoms with E-state index in [0.29, 0.717) is 13.1 Å². The van der Waals surface area contributed by atoms with Crippen LogP contribution in [0.15, 0.2) is 12.7 Å². The van der Waals surface area contributed by atoms with E-state index in [1.54, 1.807) is 18.0 Å². The molecular formula is C9H16N2O3. The van der Waals surface area contributed by atoms with Gasteiger partial charge in [-0.05, 0) is 7.05 Å². The smallest absolute Gasteiger partial charge is 0.304 e. The molecule has 0 bridgehead atoms. The first-order valence-electron chi connectivity index (χ1n) is 4.34. The van der Waals surface area contributed by atoms with Gasteiger partial charge in [0.25, 0.3) is 0 Å². The lowest BCUT2D eigenvalue weighted by molar-refractivity contribution is -0.137. The van der Waals surface area contributed by atoms with Gasteiger partial charge >= 0.3 is 5.97 Å². The van der Waals surface area contributed by atoms with Crippen LogP contribution in [0.4, 0.5) is 0 Å². The molecule has 0 radical (unpaired) electrons. The molecule has 0 aromatic carbocycles. The molecule has 0 saturated heterocycles. The fourth-order valence-electron chi connectivity index (χ4n) is 0.853. The second-order valence-electron chi connectivity index (χ2n) is 2.97. The van der Waals surface area contributed by atoms with Crippen molar-refractivity contribution < 1.29 is 14.7 Å². The molecule has 0 rings (SSSR count). The van der Waals surface area contributed by atoms with Gasteiger partial charge in [-0.1, -0.05) is 6.08 Å². The van der Waals surface area contributed by atoms with E-state index in [0.717, 1.165) is 0 Å². The number of carbonyl (C=O) groups is 2. The van der Waals surface area contributed by atoms with Crippen LogP contribution in [0.3, 0.4) is 0 Å². The maximum Gasteiger partial charge on any atom is 0.304 e. The molecule has 0 aromatic rings. The van der Waals surface area contributed by atoms with E-state index in [4.69, 9.17) is 5.11 Å². The molecule has 5 heteroatoms. The molecule has 80 valence electrons. The monoisotopic (exact) mass is 200 g/mol. The first-order valence-corrected chi connectivity index (χ1v) is 4.34. The normalized spacial score (nSPS) is 9.86. The Labute approximate surface area is 83.4 Å². The highest BCUT2D eigenvalue weighted by molar-refractivity contribution is 5.78. The number of likely N-dealkylation sites (N-methyl/N-ethyl adjacent to an activating group) is 1. The first-order chi connectivity index (χ1) is 6.56. The third-order valence-corrected chi connectivity index (χ3v) is 1.56. The number of carboxylic acid groups (broad SMARTS) is 1. The number of rotatable bonds is 7.